The quantitative estimate of drug-likeness (QED) is 0.481. The molecule has 0 unspecified atom stereocenters. The van der Waals surface area contributed by atoms with Crippen LogP contribution < -0.4 is 11.4 Å². The van der Waals surface area contributed by atoms with Crippen molar-refractivity contribution >= 4 is 22.5 Å². The second kappa shape index (κ2) is 6.86. The molecule has 4 aromatic rings. The first-order valence-corrected chi connectivity index (χ1v) is 9.60. The third-order valence-electron chi connectivity index (χ3n) is 5.11. The number of anilines is 1. The summed E-state index contributed by atoms with van der Waals surface area (Å²) in [5.41, 5.74) is 6.88. The molecule has 3 N–H and O–H groups in total. The van der Waals surface area contributed by atoms with Gasteiger partial charge >= 0.3 is 6.18 Å². The fraction of sp³-hybridized carbons (Fsp3) is 0.190. The van der Waals surface area contributed by atoms with Crippen molar-refractivity contribution in [3.05, 3.63) is 71.6 Å². The Hall–Kier alpha value is -3.82. The Morgan fingerprint density at radius 3 is 2.42 bits per heavy atom. The topological polar surface area (TPSA) is 94.3 Å². The van der Waals surface area contributed by atoms with E-state index in [1.54, 1.807) is 0 Å². The second-order valence-electron chi connectivity index (χ2n) is 7.38. The van der Waals surface area contributed by atoms with Crippen molar-refractivity contribution in [2.75, 3.05) is 5.73 Å². The third-order valence-corrected chi connectivity index (χ3v) is 5.11. The fourth-order valence-electron chi connectivity index (χ4n) is 3.42. The molecule has 7 nitrogen and oxygen atoms in total. The number of halogens is 3. The average molecular weight is 426 g/mol. The van der Waals surface area contributed by atoms with E-state index in [0.717, 1.165) is 41.8 Å². The number of nitrogens with two attached hydrogens (primary N) is 1. The molecule has 1 aliphatic rings. The van der Waals surface area contributed by atoms with Crippen molar-refractivity contribution in [2.45, 2.75) is 24.9 Å². The molecule has 10 heteroatoms. The Bertz CT molecular complexity index is 1350. The van der Waals surface area contributed by atoms with Gasteiger partial charge in [0.1, 0.15) is 17.5 Å². The number of rotatable bonds is 3. The van der Waals surface area contributed by atoms with E-state index in [1.165, 1.54) is 18.2 Å². The third kappa shape index (κ3) is 3.49. The summed E-state index contributed by atoms with van der Waals surface area (Å²) >= 11 is 0. The minimum Gasteiger partial charge on any atom is -0.423 e. The van der Waals surface area contributed by atoms with Gasteiger partial charge in [-0.15, -0.1) is 4.73 Å². The summed E-state index contributed by atoms with van der Waals surface area (Å²) in [6.07, 6.45) is -2.40. The molecule has 0 radical (unpaired) electrons. The van der Waals surface area contributed by atoms with Crippen molar-refractivity contribution in [1.29, 1.82) is 0 Å². The van der Waals surface area contributed by atoms with Crippen molar-refractivity contribution in [3.8, 4) is 5.82 Å². The van der Waals surface area contributed by atoms with Gasteiger partial charge in [-0.05, 0) is 49.2 Å². The standard InChI is InChI=1S/C21H17F3N6O/c22-21(23,24)13-7-9-14(10-8-13)26-20-28-18(11-17(25)30(20)31)29-16-4-2-1-3-15(16)27-19(29)12-5-6-12/h1-4,7-12,31H,5-6,25H2. The first-order chi connectivity index (χ1) is 14.8. The molecular weight excluding hydrogens is 409 g/mol. The summed E-state index contributed by atoms with van der Waals surface area (Å²) < 4.78 is 40.9. The van der Waals surface area contributed by atoms with Crippen molar-refractivity contribution in [1.82, 2.24) is 19.3 Å². The summed E-state index contributed by atoms with van der Waals surface area (Å²) in [5, 5.41) is 10.3. The SMILES string of the molecule is Nc1cc(-n2c(C3CC3)nc3ccccc32)nc(=Nc2ccc(C(F)(F)F)cc2)n1O. The van der Waals surface area contributed by atoms with Crippen LogP contribution in [0.15, 0.2) is 59.6 Å². The predicted octanol–water partition coefficient (Wildman–Crippen LogP) is 4.17. The van der Waals surface area contributed by atoms with Gasteiger partial charge in [-0.1, -0.05) is 12.1 Å². The molecule has 0 amide bonds. The summed E-state index contributed by atoms with van der Waals surface area (Å²) in [7, 11) is 0. The van der Waals surface area contributed by atoms with E-state index in [9.17, 15) is 18.4 Å². The number of alkyl halides is 3. The van der Waals surface area contributed by atoms with E-state index in [0.29, 0.717) is 16.5 Å². The Balaban J connectivity index is 1.66. The highest BCUT2D eigenvalue weighted by molar-refractivity contribution is 5.78. The van der Waals surface area contributed by atoms with Crippen LogP contribution in [-0.2, 0) is 6.18 Å². The summed E-state index contributed by atoms with van der Waals surface area (Å²) in [6, 6.07) is 13.4. The number of fused-ring (bicyclic) bond motifs is 1. The van der Waals surface area contributed by atoms with Crippen molar-refractivity contribution in [2.24, 2.45) is 4.99 Å². The van der Waals surface area contributed by atoms with Gasteiger partial charge in [-0.25, -0.2) is 9.98 Å². The molecule has 0 saturated heterocycles. The average Bonchev–Trinajstić information content (AvgIpc) is 3.51. The first-order valence-electron chi connectivity index (χ1n) is 9.60. The normalized spacial score (nSPS) is 15.0. The summed E-state index contributed by atoms with van der Waals surface area (Å²) in [5.74, 6) is 1.57. The highest BCUT2D eigenvalue weighted by Crippen LogP contribution is 2.41. The smallest absolute Gasteiger partial charge is 0.416 e. The minimum absolute atomic E-state index is 0.0183. The molecular formula is C21H17F3N6O. The van der Waals surface area contributed by atoms with Gasteiger partial charge in [0.2, 0.25) is 0 Å². The Morgan fingerprint density at radius 2 is 1.74 bits per heavy atom. The van der Waals surface area contributed by atoms with Crippen LogP contribution in [0.25, 0.3) is 16.9 Å². The zero-order valence-electron chi connectivity index (χ0n) is 16.1. The van der Waals surface area contributed by atoms with Gasteiger partial charge in [-0.3, -0.25) is 4.57 Å². The molecule has 158 valence electrons. The minimum atomic E-state index is -4.44. The lowest BCUT2D eigenvalue weighted by Gasteiger charge is -2.11. The maximum Gasteiger partial charge on any atom is 0.416 e. The molecule has 0 bridgehead atoms. The van der Waals surface area contributed by atoms with E-state index < -0.39 is 11.7 Å². The van der Waals surface area contributed by atoms with Crippen LogP contribution in [0.5, 0.6) is 0 Å². The van der Waals surface area contributed by atoms with Crippen LogP contribution in [0, 0.1) is 0 Å². The highest BCUT2D eigenvalue weighted by atomic mass is 19.4. The molecule has 2 aromatic heterocycles. The van der Waals surface area contributed by atoms with Gasteiger partial charge in [-0.2, -0.15) is 18.2 Å². The molecule has 1 fully saturated rings. The monoisotopic (exact) mass is 426 g/mol. The van der Waals surface area contributed by atoms with E-state index in [-0.39, 0.29) is 17.1 Å². The van der Waals surface area contributed by atoms with Crippen molar-refractivity contribution in [3.63, 3.8) is 0 Å². The summed E-state index contributed by atoms with van der Waals surface area (Å²) in [6.45, 7) is 0. The lowest BCUT2D eigenvalue weighted by Crippen LogP contribution is -2.26. The number of hydrogen-bond acceptors (Lipinski definition) is 5. The number of aromatic nitrogens is 4. The van der Waals surface area contributed by atoms with E-state index >= 15 is 0 Å². The van der Waals surface area contributed by atoms with Crippen LogP contribution in [0.2, 0.25) is 0 Å². The van der Waals surface area contributed by atoms with Crippen LogP contribution in [0.1, 0.15) is 30.1 Å². The Morgan fingerprint density at radius 1 is 1.03 bits per heavy atom. The summed E-state index contributed by atoms with van der Waals surface area (Å²) in [4.78, 5) is 13.3. The number of benzene rings is 2. The number of para-hydroxylation sites is 2. The maximum absolute atomic E-state index is 12.8. The molecule has 1 aliphatic carbocycles. The van der Waals surface area contributed by atoms with Gasteiger partial charge in [0.15, 0.2) is 0 Å². The molecule has 0 spiro atoms. The number of nitrogens with zero attached hydrogens (tertiary/aromatic N) is 5. The van der Waals surface area contributed by atoms with Crippen LogP contribution in [0.3, 0.4) is 0 Å². The Kier molecular flexibility index (Phi) is 4.24. The molecule has 2 aromatic carbocycles. The van der Waals surface area contributed by atoms with Gasteiger partial charge in [0, 0.05) is 12.0 Å². The maximum atomic E-state index is 12.8. The van der Waals surface area contributed by atoms with E-state index in [2.05, 4.69) is 9.98 Å². The zero-order valence-corrected chi connectivity index (χ0v) is 16.1. The fourth-order valence-corrected chi connectivity index (χ4v) is 3.42. The lowest BCUT2D eigenvalue weighted by molar-refractivity contribution is -0.137. The zero-order chi connectivity index (χ0) is 21.8. The van der Waals surface area contributed by atoms with Gasteiger partial charge < -0.3 is 10.9 Å². The van der Waals surface area contributed by atoms with E-state index in [4.69, 9.17) is 10.7 Å². The van der Waals surface area contributed by atoms with Crippen LogP contribution in [0.4, 0.5) is 24.7 Å². The molecule has 1 saturated carbocycles. The molecule has 5 rings (SSSR count). The number of nitrogen functional groups attached to an aromatic ring is 1. The second-order valence-corrected chi connectivity index (χ2v) is 7.38. The largest absolute Gasteiger partial charge is 0.423 e. The molecule has 0 aliphatic heterocycles. The number of hydrogen-bond donors (Lipinski definition) is 2. The van der Waals surface area contributed by atoms with Gasteiger partial charge in [0.25, 0.3) is 5.62 Å². The lowest BCUT2D eigenvalue weighted by atomic mass is 10.2. The molecule has 0 atom stereocenters. The van der Waals surface area contributed by atoms with Crippen molar-refractivity contribution < 1.29 is 18.4 Å². The first kappa shape index (κ1) is 19.2. The Labute approximate surface area is 173 Å². The van der Waals surface area contributed by atoms with Gasteiger partial charge in [0.05, 0.1) is 22.3 Å². The van der Waals surface area contributed by atoms with E-state index in [1.807, 2.05) is 28.8 Å². The predicted molar refractivity (Wildman–Crippen MR) is 107 cm³/mol. The number of imidazole rings is 1. The molecule has 2 heterocycles. The highest BCUT2D eigenvalue weighted by Gasteiger charge is 2.31. The molecule has 31 heavy (non-hydrogen) atoms. The van der Waals surface area contributed by atoms with Crippen LogP contribution in [-0.4, -0.2) is 24.5 Å². The van der Waals surface area contributed by atoms with Crippen LogP contribution >= 0.6 is 0 Å².